The lowest BCUT2D eigenvalue weighted by atomic mass is 10.1. The van der Waals surface area contributed by atoms with Crippen molar-refractivity contribution in [2.24, 2.45) is 0 Å². The second-order valence-electron chi connectivity index (χ2n) is 3.61. The quantitative estimate of drug-likeness (QED) is 0.530. The monoisotopic (exact) mass is 238 g/mol. The van der Waals surface area contributed by atoms with Crippen LogP contribution in [0.2, 0.25) is 0 Å². The van der Waals surface area contributed by atoms with Crippen molar-refractivity contribution < 1.29 is 19.8 Å². The normalized spacial score (nSPS) is 12.0. The number of nitrogen functional groups attached to an aromatic ring is 1. The van der Waals surface area contributed by atoms with Gasteiger partial charge in [0, 0.05) is 12.2 Å². The van der Waals surface area contributed by atoms with Gasteiger partial charge in [0.2, 0.25) is 0 Å². The van der Waals surface area contributed by atoms with E-state index in [0.717, 1.165) is 5.56 Å². The zero-order valence-electron chi connectivity index (χ0n) is 9.09. The summed E-state index contributed by atoms with van der Waals surface area (Å²) in [5, 5.41) is 20.0. The van der Waals surface area contributed by atoms with E-state index >= 15 is 0 Å². The van der Waals surface area contributed by atoms with Crippen LogP contribution >= 0.6 is 0 Å². The molecule has 0 bridgehead atoms. The summed E-state index contributed by atoms with van der Waals surface area (Å²) in [6.07, 6.45) is -0.454. The van der Waals surface area contributed by atoms with Gasteiger partial charge >= 0.3 is 11.9 Å². The molecule has 0 fully saturated rings. The van der Waals surface area contributed by atoms with Crippen molar-refractivity contribution in [1.82, 2.24) is 5.32 Å². The Labute approximate surface area is 98.1 Å². The summed E-state index contributed by atoms with van der Waals surface area (Å²) < 4.78 is 0. The first-order valence-electron chi connectivity index (χ1n) is 5.01. The van der Waals surface area contributed by atoms with Crippen LogP contribution in [0.25, 0.3) is 0 Å². The molecule has 0 aromatic heterocycles. The molecule has 5 N–H and O–H groups in total. The molecule has 0 aliphatic heterocycles. The highest BCUT2D eigenvalue weighted by Gasteiger charge is 2.19. The predicted molar refractivity (Wildman–Crippen MR) is 61.4 cm³/mol. The van der Waals surface area contributed by atoms with Crippen LogP contribution in [0.4, 0.5) is 5.69 Å². The number of carboxylic acid groups (broad SMARTS) is 2. The van der Waals surface area contributed by atoms with Crippen molar-refractivity contribution >= 4 is 17.6 Å². The molecule has 0 heterocycles. The Bertz CT molecular complexity index is 402. The summed E-state index contributed by atoms with van der Waals surface area (Å²) in [5.74, 6) is -2.33. The molecule has 17 heavy (non-hydrogen) atoms. The van der Waals surface area contributed by atoms with E-state index in [2.05, 4.69) is 5.32 Å². The molecule has 0 saturated heterocycles. The Morgan fingerprint density at radius 1 is 1.24 bits per heavy atom. The Hall–Kier alpha value is -2.08. The first-order valence-corrected chi connectivity index (χ1v) is 5.01. The molecule has 92 valence electrons. The van der Waals surface area contributed by atoms with E-state index in [1.54, 1.807) is 24.3 Å². The summed E-state index contributed by atoms with van der Waals surface area (Å²) in [6.45, 7) is 0.282. The Morgan fingerprint density at radius 3 is 2.29 bits per heavy atom. The van der Waals surface area contributed by atoms with Crippen molar-refractivity contribution in [2.45, 2.75) is 19.0 Å². The van der Waals surface area contributed by atoms with Gasteiger partial charge in [-0.1, -0.05) is 12.1 Å². The number of nitrogens with one attached hydrogen (secondary N) is 1. The number of hydrogen-bond acceptors (Lipinski definition) is 4. The summed E-state index contributed by atoms with van der Waals surface area (Å²) in [5.41, 5.74) is 6.97. The first-order chi connectivity index (χ1) is 7.99. The van der Waals surface area contributed by atoms with E-state index in [1.165, 1.54) is 0 Å². The molecular formula is C11H14N2O4. The van der Waals surface area contributed by atoms with Gasteiger partial charge in [-0.15, -0.1) is 0 Å². The van der Waals surface area contributed by atoms with E-state index in [4.69, 9.17) is 15.9 Å². The van der Waals surface area contributed by atoms with E-state index in [1.807, 2.05) is 0 Å². The molecule has 1 unspecified atom stereocenters. The van der Waals surface area contributed by atoms with E-state index < -0.39 is 24.4 Å². The third-order valence-corrected chi connectivity index (χ3v) is 2.21. The predicted octanol–water partition coefficient (Wildman–Crippen LogP) is 0.286. The average Bonchev–Trinajstić information content (AvgIpc) is 2.25. The zero-order chi connectivity index (χ0) is 12.8. The Balaban J connectivity index is 2.54. The Kier molecular flexibility index (Phi) is 4.47. The van der Waals surface area contributed by atoms with Crippen LogP contribution in [0.3, 0.4) is 0 Å². The smallest absolute Gasteiger partial charge is 0.321 e. The number of aliphatic carboxylic acids is 2. The molecule has 0 radical (unpaired) electrons. The number of nitrogens with two attached hydrogens (primary N) is 1. The third kappa shape index (κ3) is 4.52. The van der Waals surface area contributed by atoms with Crippen molar-refractivity contribution in [2.75, 3.05) is 5.73 Å². The van der Waals surface area contributed by atoms with E-state index in [9.17, 15) is 9.59 Å². The van der Waals surface area contributed by atoms with Gasteiger partial charge in [-0.2, -0.15) is 0 Å². The minimum Gasteiger partial charge on any atom is -0.481 e. The van der Waals surface area contributed by atoms with Gasteiger partial charge in [0.05, 0.1) is 6.42 Å². The van der Waals surface area contributed by atoms with Crippen LogP contribution < -0.4 is 11.1 Å². The fraction of sp³-hybridized carbons (Fsp3) is 0.273. The van der Waals surface area contributed by atoms with E-state index in [0.29, 0.717) is 5.69 Å². The highest BCUT2D eigenvalue weighted by molar-refractivity contribution is 5.80. The second kappa shape index (κ2) is 5.86. The molecule has 1 aromatic carbocycles. The lowest BCUT2D eigenvalue weighted by Gasteiger charge is -2.12. The topological polar surface area (TPSA) is 113 Å². The van der Waals surface area contributed by atoms with Crippen molar-refractivity contribution in [1.29, 1.82) is 0 Å². The van der Waals surface area contributed by atoms with Crippen molar-refractivity contribution in [3.8, 4) is 0 Å². The molecule has 0 spiro atoms. The van der Waals surface area contributed by atoms with E-state index in [-0.39, 0.29) is 6.54 Å². The number of anilines is 1. The van der Waals surface area contributed by atoms with Gasteiger partial charge in [-0.05, 0) is 17.7 Å². The van der Waals surface area contributed by atoms with Gasteiger partial charge in [0.15, 0.2) is 0 Å². The second-order valence-corrected chi connectivity index (χ2v) is 3.61. The molecule has 1 aromatic rings. The lowest BCUT2D eigenvalue weighted by Crippen LogP contribution is -2.38. The molecule has 0 aliphatic rings. The summed E-state index contributed by atoms with van der Waals surface area (Å²) in [7, 11) is 0. The summed E-state index contributed by atoms with van der Waals surface area (Å²) in [6, 6.07) is 5.81. The minimum absolute atomic E-state index is 0.282. The number of rotatable bonds is 6. The maximum absolute atomic E-state index is 10.8. The molecule has 0 aliphatic carbocycles. The van der Waals surface area contributed by atoms with Gasteiger partial charge in [-0.25, -0.2) is 0 Å². The van der Waals surface area contributed by atoms with Crippen LogP contribution in [0.15, 0.2) is 24.3 Å². The van der Waals surface area contributed by atoms with Crippen LogP contribution in [0.1, 0.15) is 12.0 Å². The first kappa shape index (κ1) is 13.0. The highest BCUT2D eigenvalue weighted by Crippen LogP contribution is 2.05. The molecule has 1 rings (SSSR count). The molecular weight excluding hydrogens is 224 g/mol. The number of carbonyl (C=O) groups is 2. The fourth-order valence-corrected chi connectivity index (χ4v) is 1.30. The zero-order valence-corrected chi connectivity index (χ0v) is 9.09. The standard InChI is InChI=1S/C11H14N2O4/c12-8-3-1-7(2-4-8)6-13-9(11(16)17)5-10(14)15/h1-4,9,13H,5-6,12H2,(H,14,15)(H,16,17). The van der Waals surface area contributed by atoms with Crippen LogP contribution in [-0.2, 0) is 16.1 Å². The van der Waals surface area contributed by atoms with Gasteiger partial charge in [0.25, 0.3) is 0 Å². The summed E-state index contributed by atoms with van der Waals surface area (Å²) in [4.78, 5) is 21.2. The lowest BCUT2D eigenvalue weighted by molar-refractivity contribution is -0.146. The number of hydrogen-bond donors (Lipinski definition) is 4. The maximum Gasteiger partial charge on any atom is 0.321 e. The van der Waals surface area contributed by atoms with Gasteiger partial charge in [0.1, 0.15) is 6.04 Å². The van der Waals surface area contributed by atoms with Crippen LogP contribution in [-0.4, -0.2) is 28.2 Å². The Morgan fingerprint density at radius 2 is 1.82 bits per heavy atom. The largest absolute Gasteiger partial charge is 0.481 e. The van der Waals surface area contributed by atoms with Crippen LogP contribution in [0.5, 0.6) is 0 Å². The molecule has 0 saturated carbocycles. The van der Waals surface area contributed by atoms with Crippen molar-refractivity contribution in [3.63, 3.8) is 0 Å². The van der Waals surface area contributed by atoms with Gasteiger partial charge < -0.3 is 15.9 Å². The molecule has 6 heteroatoms. The summed E-state index contributed by atoms with van der Waals surface area (Å²) >= 11 is 0. The maximum atomic E-state index is 10.8. The number of carboxylic acids is 2. The fourth-order valence-electron chi connectivity index (χ4n) is 1.30. The third-order valence-electron chi connectivity index (χ3n) is 2.21. The SMILES string of the molecule is Nc1ccc(CNC(CC(=O)O)C(=O)O)cc1. The molecule has 6 nitrogen and oxygen atoms in total. The van der Waals surface area contributed by atoms with Crippen LogP contribution in [0, 0.1) is 0 Å². The van der Waals surface area contributed by atoms with Crippen molar-refractivity contribution in [3.05, 3.63) is 29.8 Å². The highest BCUT2D eigenvalue weighted by atomic mass is 16.4. The minimum atomic E-state index is -1.18. The van der Waals surface area contributed by atoms with Gasteiger partial charge in [-0.3, -0.25) is 14.9 Å². The number of benzene rings is 1. The average molecular weight is 238 g/mol. The molecule has 0 amide bonds. The molecule has 1 atom stereocenters.